The van der Waals surface area contributed by atoms with E-state index in [1.165, 1.54) is 32.1 Å². The average Bonchev–Trinajstić information content (AvgIpc) is 2.94. The van der Waals surface area contributed by atoms with E-state index in [-0.39, 0.29) is 5.91 Å². The molecule has 2 aromatic rings. The molecule has 1 aromatic carbocycles. The molecule has 218 valence electrons. The number of nitrogens with one attached hydrogen (secondary N) is 4. The Morgan fingerprint density at radius 1 is 0.718 bits per heavy atom. The Kier molecular flexibility index (Phi) is 17.2. The van der Waals surface area contributed by atoms with Gasteiger partial charge in [-0.15, -0.1) is 0 Å². The molecule has 11 heteroatoms. The van der Waals surface area contributed by atoms with E-state index >= 15 is 0 Å². The van der Waals surface area contributed by atoms with Crippen molar-refractivity contribution in [2.75, 3.05) is 68.6 Å². The summed E-state index contributed by atoms with van der Waals surface area (Å²) in [5, 5.41) is 12.7. The normalized spacial score (nSPS) is 10.8. The fraction of sp³-hybridized carbons (Fsp3) is 0.643. The van der Waals surface area contributed by atoms with Crippen molar-refractivity contribution >= 4 is 29.4 Å². The smallest absolute Gasteiger partial charge is 0.251 e. The van der Waals surface area contributed by atoms with Crippen LogP contribution in [0.3, 0.4) is 0 Å². The molecular formula is C28H48N8O3. The summed E-state index contributed by atoms with van der Waals surface area (Å²) in [6, 6.07) is 7.19. The molecule has 0 saturated heterocycles. The Hall–Kier alpha value is -3.02. The minimum atomic E-state index is -0.159. The Morgan fingerprint density at radius 3 is 1.97 bits per heavy atom. The number of carbonyl (C=O) groups is 1. The molecule has 0 radical (unpaired) electrons. The van der Waals surface area contributed by atoms with Crippen LogP contribution in [0.25, 0.3) is 0 Å². The van der Waals surface area contributed by atoms with Crippen LogP contribution in [-0.4, -0.2) is 73.5 Å². The Morgan fingerprint density at radius 2 is 1.31 bits per heavy atom. The third-order valence-electron chi connectivity index (χ3n) is 5.83. The summed E-state index contributed by atoms with van der Waals surface area (Å²) in [5.41, 5.74) is 6.70. The molecule has 6 N–H and O–H groups in total. The van der Waals surface area contributed by atoms with E-state index in [1.807, 2.05) is 12.1 Å². The first-order valence-electron chi connectivity index (χ1n) is 14.4. The van der Waals surface area contributed by atoms with Crippen molar-refractivity contribution in [1.82, 2.24) is 20.3 Å². The molecule has 39 heavy (non-hydrogen) atoms. The predicted molar refractivity (Wildman–Crippen MR) is 158 cm³/mol. The monoisotopic (exact) mass is 544 g/mol. The number of carbonyl (C=O) groups excluding carboxylic acids is 1. The second-order valence-corrected chi connectivity index (χ2v) is 9.25. The highest BCUT2D eigenvalue weighted by atomic mass is 16.5. The van der Waals surface area contributed by atoms with E-state index in [0.29, 0.717) is 62.9 Å². The number of rotatable bonds is 23. The molecule has 0 saturated carbocycles. The van der Waals surface area contributed by atoms with Crippen molar-refractivity contribution in [2.45, 2.75) is 65.2 Å². The molecule has 0 aliphatic heterocycles. The van der Waals surface area contributed by atoms with Gasteiger partial charge < -0.3 is 36.5 Å². The third-order valence-corrected chi connectivity index (χ3v) is 5.83. The van der Waals surface area contributed by atoms with E-state index < -0.39 is 0 Å². The van der Waals surface area contributed by atoms with Crippen LogP contribution < -0.4 is 27.0 Å². The summed E-state index contributed by atoms with van der Waals surface area (Å²) in [6.45, 7) is 8.81. The Bertz CT molecular complexity index is 914. The largest absolute Gasteiger partial charge is 0.378 e. The molecule has 1 amide bonds. The molecule has 0 bridgehead atoms. The quantitative estimate of drug-likeness (QED) is 0.128. The van der Waals surface area contributed by atoms with Crippen LogP contribution in [0.4, 0.5) is 23.5 Å². The zero-order chi connectivity index (χ0) is 28.0. The maximum atomic E-state index is 12.4. The van der Waals surface area contributed by atoms with Crippen molar-refractivity contribution in [3.63, 3.8) is 0 Å². The first kappa shape index (κ1) is 32.2. The van der Waals surface area contributed by atoms with Gasteiger partial charge in [-0.3, -0.25) is 4.79 Å². The van der Waals surface area contributed by atoms with Crippen LogP contribution in [0, 0.1) is 0 Å². The van der Waals surface area contributed by atoms with Crippen molar-refractivity contribution in [3.8, 4) is 0 Å². The van der Waals surface area contributed by atoms with Gasteiger partial charge in [0.1, 0.15) is 0 Å². The lowest BCUT2D eigenvalue weighted by Gasteiger charge is -2.12. The van der Waals surface area contributed by atoms with Crippen molar-refractivity contribution in [1.29, 1.82) is 0 Å². The molecule has 1 aromatic heterocycles. The molecule has 11 nitrogen and oxygen atoms in total. The lowest BCUT2D eigenvalue weighted by molar-refractivity contribution is 0.0511. The van der Waals surface area contributed by atoms with Crippen molar-refractivity contribution in [3.05, 3.63) is 29.8 Å². The van der Waals surface area contributed by atoms with Crippen LogP contribution in [0.5, 0.6) is 0 Å². The minimum absolute atomic E-state index is 0.159. The predicted octanol–water partition coefficient (Wildman–Crippen LogP) is 4.32. The number of aromatic nitrogens is 3. The summed E-state index contributed by atoms with van der Waals surface area (Å²) < 4.78 is 10.7. The first-order chi connectivity index (χ1) is 19.2. The van der Waals surface area contributed by atoms with Gasteiger partial charge >= 0.3 is 0 Å². The molecule has 0 fully saturated rings. The maximum Gasteiger partial charge on any atom is 0.251 e. The standard InChI is InChI=1S/C28H48N8O3/c1-3-5-7-8-9-10-17-32-27-34-26(31-16-6-4-2)35-28(36-27)33-24-13-11-23(12-14-24)25(37)30-18-20-39-22-21-38-19-15-29/h11-14H,3-10,15-22,29H2,1-2H3,(H,30,37)(H3,31,32,33,34,35,36). The summed E-state index contributed by atoms with van der Waals surface area (Å²) in [6.07, 6.45) is 9.51. The highest BCUT2D eigenvalue weighted by Crippen LogP contribution is 2.17. The number of nitrogens with two attached hydrogens (primary N) is 1. The Labute approximate surface area is 233 Å². The zero-order valence-electron chi connectivity index (χ0n) is 23.8. The van der Waals surface area contributed by atoms with E-state index in [1.54, 1.807) is 12.1 Å². The SMILES string of the molecule is CCCCCCCCNc1nc(NCCCC)nc(Nc2ccc(C(=O)NCCOCCOCCN)cc2)n1. The third kappa shape index (κ3) is 14.6. The molecule has 0 aliphatic carbocycles. The molecule has 0 atom stereocenters. The fourth-order valence-corrected chi connectivity index (χ4v) is 3.65. The maximum absolute atomic E-state index is 12.4. The van der Waals surface area contributed by atoms with Crippen LogP contribution in [0.1, 0.15) is 75.6 Å². The van der Waals surface area contributed by atoms with Crippen LogP contribution >= 0.6 is 0 Å². The fourth-order valence-electron chi connectivity index (χ4n) is 3.65. The van der Waals surface area contributed by atoms with Gasteiger partial charge in [0, 0.05) is 37.4 Å². The van der Waals surface area contributed by atoms with Crippen LogP contribution in [0.2, 0.25) is 0 Å². The number of benzene rings is 1. The summed E-state index contributed by atoms with van der Waals surface area (Å²) in [7, 11) is 0. The molecule has 2 rings (SSSR count). The van der Waals surface area contributed by atoms with E-state index in [9.17, 15) is 4.79 Å². The number of unbranched alkanes of at least 4 members (excludes halogenated alkanes) is 6. The average molecular weight is 545 g/mol. The molecule has 0 spiro atoms. The van der Waals surface area contributed by atoms with E-state index in [0.717, 1.165) is 38.0 Å². The van der Waals surface area contributed by atoms with Crippen LogP contribution in [-0.2, 0) is 9.47 Å². The zero-order valence-corrected chi connectivity index (χ0v) is 23.8. The molecular weight excluding hydrogens is 496 g/mol. The van der Waals surface area contributed by atoms with E-state index in [2.05, 4.69) is 50.1 Å². The second kappa shape index (κ2) is 20.9. The van der Waals surface area contributed by atoms with Gasteiger partial charge in [-0.2, -0.15) is 15.0 Å². The van der Waals surface area contributed by atoms with Gasteiger partial charge in [0.2, 0.25) is 17.8 Å². The number of hydrogen-bond donors (Lipinski definition) is 5. The number of anilines is 4. The van der Waals surface area contributed by atoms with Crippen molar-refractivity contribution in [2.24, 2.45) is 5.73 Å². The second-order valence-electron chi connectivity index (χ2n) is 9.25. The number of amides is 1. The first-order valence-corrected chi connectivity index (χ1v) is 14.4. The molecule has 0 unspecified atom stereocenters. The summed E-state index contributed by atoms with van der Waals surface area (Å²) in [4.78, 5) is 26.0. The lowest BCUT2D eigenvalue weighted by Crippen LogP contribution is -2.27. The number of nitrogens with zero attached hydrogens (tertiary/aromatic N) is 3. The minimum Gasteiger partial charge on any atom is -0.378 e. The number of hydrogen-bond acceptors (Lipinski definition) is 10. The topological polar surface area (TPSA) is 148 Å². The van der Waals surface area contributed by atoms with Gasteiger partial charge in [0.15, 0.2) is 0 Å². The summed E-state index contributed by atoms with van der Waals surface area (Å²) in [5.74, 6) is 1.37. The van der Waals surface area contributed by atoms with Crippen molar-refractivity contribution < 1.29 is 14.3 Å². The Balaban J connectivity index is 1.86. The molecule has 0 aliphatic rings. The van der Waals surface area contributed by atoms with Gasteiger partial charge in [-0.05, 0) is 37.1 Å². The van der Waals surface area contributed by atoms with Crippen LogP contribution in [0.15, 0.2) is 24.3 Å². The van der Waals surface area contributed by atoms with Gasteiger partial charge in [0.05, 0.1) is 26.4 Å². The number of ether oxygens (including phenoxy) is 2. The lowest BCUT2D eigenvalue weighted by atomic mass is 10.1. The highest BCUT2D eigenvalue weighted by Gasteiger charge is 2.09. The van der Waals surface area contributed by atoms with E-state index in [4.69, 9.17) is 15.2 Å². The summed E-state index contributed by atoms with van der Waals surface area (Å²) >= 11 is 0. The van der Waals surface area contributed by atoms with Gasteiger partial charge in [0.25, 0.3) is 5.91 Å². The van der Waals surface area contributed by atoms with Gasteiger partial charge in [-0.25, -0.2) is 0 Å². The highest BCUT2D eigenvalue weighted by molar-refractivity contribution is 5.94. The van der Waals surface area contributed by atoms with Gasteiger partial charge in [-0.1, -0.05) is 52.4 Å². The molecule has 1 heterocycles.